The highest BCUT2D eigenvalue weighted by Gasteiger charge is 2.23. The van der Waals surface area contributed by atoms with Crippen LogP contribution in [0.4, 0.5) is 23.1 Å². The Morgan fingerprint density at radius 1 is 1.06 bits per heavy atom. The van der Waals surface area contributed by atoms with Gasteiger partial charge in [-0.25, -0.2) is 9.67 Å². The van der Waals surface area contributed by atoms with Crippen LogP contribution in [0.2, 0.25) is 0 Å². The molecule has 0 unspecified atom stereocenters. The lowest BCUT2D eigenvalue weighted by Gasteiger charge is -2.36. The quantitative estimate of drug-likeness (QED) is 0.394. The number of anilines is 4. The van der Waals surface area contributed by atoms with Crippen molar-refractivity contribution in [1.82, 2.24) is 30.0 Å². The maximum atomic E-state index is 4.78. The largest absolute Gasteiger partial charge is 0.338 e. The summed E-state index contributed by atoms with van der Waals surface area (Å²) in [6, 6.07) is 12.9. The lowest BCUT2D eigenvalue weighted by molar-refractivity contribution is 0.180. The Morgan fingerprint density at radius 3 is 2.66 bits per heavy atom. The number of fused-ring (bicyclic) bond motifs is 2. The van der Waals surface area contributed by atoms with Crippen molar-refractivity contribution in [3.8, 4) is 0 Å². The fourth-order valence-corrected chi connectivity index (χ4v) is 5.14. The fourth-order valence-electron chi connectivity index (χ4n) is 5.14. The zero-order valence-corrected chi connectivity index (χ0v) is 20.6. The van der Waals surface area contributed by atoms with E-state index >= 15 is 0 Å². The molecule has 0 bridgehead atoms. The molecule has 35 heavy (non-hydrogen) atoms. The Bertz CT molecular complexity index is 1370. The Labute approximate surface area is 205 Å². The molecule has 8 nitrogen and oxygen atoms in total. The first-order chi connectivity index (χ1) is 17.0. The minimum atomic E-state index is 0.576. The molecule has 3 N–H and O–H groups in total. The predicted molar refractivity (Wildman–Crippen MR) is 141 cm³/mol. The number of nitrogens with zero attached hydrogens (tertiary/aromatic N) is 5. The standard InChI is InChI=1S/C27H32N8/c1-17-5-4-6-18(2)24(17)31-25-23-14-29-27(32-26(23)34(3)33-25)30-22-8-7-20-9-10-35(16-21(20)11-22)15-19-12-28-13-19/h4-8,11,14,19,28H,9-10,12-13,15-16H2,1-3H3,(H,31,33)(H,29,30,32). The molecule has 4 aromatic rings. The normalized spacial score (nSPS) is 16.2. The summed E-state index contributed by atoms with van der Waals surface area (Å²) in [6.45, 7) is 9.85. The maximum absolute atomic E-state index is 4.78. The van der Waals surface area contributed by atoms with Crippen molar-refractivity contribution >= 4 is 34.2 Å². The molecule has 0 radical (unpaired) electrons. The first-order valence-electron chi connectivity index (χ1n) is 12.4. The molecule has 0 amide bonds. The van der Waals surface area contributed by atoms with E-state index in [-0.39, 0.29) is 0 Å². The van der Waals surface area contributed by atoms with Crippen LogP contribution < -0.4 is 16.0 Å². The predicted octanol–water partition coefficient (Wildman–Crippen LogP) is 4.04. The highest BCUT2D eigenvalue weighted by Crippen LogP contribution is 2.29. The molecule has 1 fully saturated rings. The molecule has 0 atom stereocenters. The molecule has 2 aliphatic heterocycles. The van der Waals surface area contributed by atoms with Crippen LogP contribution in [-0.2, 0) is 20.0 Å². The van der Waals surface area contributed by atoms with Gasteiger partial charge in [0.15, 0.2) is 11.5 Å². The maximum Gasteiger partial charge on any atom is 0.229 e. The summed E-state index contributed by atoms with van der Waals surface area (Å²) in [5.74, 6) is 2.14. The molecule has 2 aliphatic rings. The Morgan fingerprint density at radius 2 is 1.89 bits per heavy atom. The lowest BCUT2D eigenvalue weighted by atomic mass is 9.96. The first kappa shape index (κ1) is 22.0. The Balaban J connectivity index is 1.22. The van der Waals surface area contributed by atoms with E-state index in [1.54, 1.807) is 4.68 Å². The van der Waals surface area contributed by atoms with Gasteiger partial charge in [-0.15, -0.1) is 0 Å². The first-order valence-corrected chi connectivity index (χ1v) is 12.4. The van der Waals surface area contributed by atoms with E-state index in [2.05, 4.69) is 81.2 Å². The molecule has 8 heteroatoms. The van der Waals surface area contributed by atoms with Gasteiger partial charge in [0.05, 0.1) is 5.39 Å². The minimum Gasteiger partial charge on any atom is -0.338 e. The topological polar surface area (TPSA) is 82.9 Å². The molecule has 4 heterocycles. The third kappa shape index (κ3) is 4.35. The second kappa shape index (κ2) is 8.94. The number of hydrogen-bond donors (Lipinski definition) is 3. The number of benzene rings is 2. The number of aromatic nitrogens is 4. The number of aryl methyl sites for hydroxylation is 3. The van der Waals surface area contributed by atoms with Gasteiger partial charge in [-0.1, -0.05) is 24.3 Å². The molecule has 2 aromatic heterocycles. The average molecular weight is 469 g/mol. The van der Waals surface area contributed by atoms with Gasteiger partial charge in [-0.2, -0.15) is 10.1 Å². The molecular weight excluding hydrogens is 436 g/mol. The van der Waals surface area contributed by atoms with Crippen LogP contribution in [0.1, 0.15) is 22.3 Å². The van der Waals surface area contributed by atoms with Gasteiger partial charge >= 0.3 is 0 Å². The van der Waals surface area contributed by atoms with Gasteiger partial charge < -0.3 is 16.0 Å². The van der Waals surface area contributed by atoms with Crippen molar-refractivity contribution in [1.29, 1.82) is 0 Å². The molecule has 2 aromatic carbocycles. The van der Waals surface area contributed by atoms with E-state index in [0.717, 1.165) is 66.7 Å². The van der Waals surface area contributed by atoms with E-state index in [1.165, 1.54) is 28.8 Å². The van der Waals surface area contributed by atoms with Crippen LogP contribution >= 0.6 is 0 Å². The fraction of sp³-hybridized carbons (Fsp3) is 0.370. The van der Waals surface area contributed by atoms with E-state index < -0.39 is 0 Å². The summed E-state index contributed by atoms with van der Waals surface area (Å²) in [4.78, 5) is 12.0. The van der Waals surface area contributed by atoms with Gasteiger partial charge in [-0.3, -0.25) is 4.90 Å². The Hall–Kier alpha value is -3.49. The number of nitrogens with one attached hydrogen (secondary N) is 3. The molecule has 6 rings (SSSR count). The van der Waals surface area contributed by atoms with Crippen LogP contribution in [0.25, 0.3) is 11.0 Å². The van der Waals surface area contributed by atoms with Crippen LogP contribution in [0.5, 0.6) is 0 Å². The Kier molecular flexibility index (Phi) is 5.62. The molecule has 0 saturated carbocycles. The summed E-state index contributed by atoms with van der Waals surface area (Å²) in [6.07, 6.45) is 2.96. The van der Waals surface area contributed by atoms with Gasteiger partial charge in [0, 0.05) is 57.3 Å². The zero-order valence-electron chi connectivity index (χ0n) is 20.6. The van der Waals surface area contributed by atoms with Crippen molar-refractivity contribution < 1.29 is 0 Å². The van der Waals surface area contributed by atoms with Crippen molar-refractivity contribution in [2.45, 2.75) is 26.8 Å². The minimum absolute atomic E-state index is 0.576. The van der Waals surface area contributed by atoms with Gasteiger partial charge in [0.1, 0.15) is 0 Å². The number of para-hydroxylation sites is 1. The van der Waals surface area contributed by atoms with E-state index in [9.17, 15) is 0 Å². The molecule has 1 saturated heterocycles. The van der Waals surface area contributed by atoms with Crippen LogP contribution in [0.3, 0.4) is 0 Å². The summed E-state index contributed by atoms with van der Waals surface area (Å²) in [5.41, 5.74) is 8.09. The van der Waals surface area contributed by atoms with Gasteiger partial charge in [0.2, 0.25) is 5.95 Å². The third-order valence-electron chi connectivity index (χ3n) is 7.24. The summed E-state index contributed by atoms with van der Waals surface area (Å²) < 4.78 is 1.80. The smallest absolute Gasteiger partial charge is 0.229 e. The molecule has 0 spiro atoms. The summed E-state index contributed by atoms with van der Waals surface area (Å²) >= 11 is 0. The number of rotatable bonds is 6. The van der Waals surface area contributed by atoms with Crippen molar-refractivity contribution in [2.75, 3.05) is 36.8 Å². The lowest BCUT2D eigenvalue weighted by Crippen LogP contribution is -2.49. The highest BCUT2D eigenvalue weighted by molar-refractivity contribution is 5.90. The van der Waals surface area contributed by atoms with Crippen molar-refractivity contribution in [3.05, 3.63) is 64.8 Å². The summed E-state index contributed by atoms with van der Waals surface area (Å²) in [5, 5.41) is 15.9. The van der Waals surface area contributed by atoms with Crippen LogP contribution in [0, 0.1) is 19.8 Å². The summed E-state index contributed by atoms with van der Waals surface area (Å²) in [7, 11) is 1.92. The highest BCUT2D eigenvalue weighted by atomic mass is 15.3. The second-order valence-electron chi connectivity index (χ2n) is 9.91. The van der Waals surface area contributed by atoms with E-state index in [1.807, 2.05) is 13.2 Å². The van der Waals surface area contributed by atoms with E-state index in [0.29, 0.717) is 5.95 Å². The monoisotopic (exact) mass is 468 g/mol. The molecule has 0 aliphatic carbocycles. The van der Waals surface area contributed by atoms with E-state index in [4.69, 9.17) is 4.98 Å². The van der Waals surface area contributed by atoms with Gasteiger partial charge in [0.25, 0.3) is 0 Å². The van der Waals surface area contributed by atoms with Gasteiger partial charge in [-0.05, 0) is 60.6 Å². The molecule has 180 valence electrons. The zero-order chi connectivity index (χ0) is 23.9. The second-order valence-corrected chi connectivity index (χ2v) is 9.91. The van der Waals surface area contributed by atoms with Crippen LogP contribution in [0.15, 0.2) is 42.6 Å². The van der Waals surface area contributed by atoms with Crippen molar-refractivity contribution in [3.63, 3.8) is 0 Å². The average Bonchev–Trinajstić information content (AvgIpc) is 3.13. The number of hydrogen-bond acceptors (Lipinski definition) is 7. The van der Waals surface area contributed by atoms with Crippen molar-refractivity contribution in [2.24, 2.45) is 13.0 Å². The molecular formula is C27H32N8. The third-order valence-corrected chi connectivity index (χ3v) is 7.24. The van der Waals surface area contributed by atoms with Crippen LogP contribution in [-0.4, -0.2) is 50.8 Å². The SMILES string of the molecule is Cc1cccc(C)c1Nc1nn(C)c2nc(Nc3ccc4c(c3)CN(CC3CNC3)CC4)ncc12.